The van der Waals surface area contributed by atoms with E-state index in [1.807, 2.05) is 0 Å². The molecule has 0 aromatic heterocycles. The molecule has 0 aliphatic rings. The van der Waals surface area contributed by atoms with Gasteiger partial charge < -0.3 is 4.74 Å². The molecule has 0 amide bonds. The highest BCUT2D eigenvalue weighted by atomic mass is 32.1. The Bertz CT molecular complexity index is 393. The molecule has 0 aliphatic carbocycles. The molecule has 0 aliphatic heterocycles. The number of hydrogen-bond donors (Lipinski definition) is 1. The van der Waals surface area contributed by atoms with Crippen molar-refractivity contribution in [2.24, 2.45) is 0 Å². The summed E-state index contributed by atoms with van der Waals surface area (Å²) < 4.78 is 5.83. The van der Waals surface area contributed by atoms with Gasteiger partial charge in [-0.05, 0) is 29.5 Å². The second-order valence-corrected chi connectivity index (χ2v) is 7.03. The van der Waals surface area contributed by atoms with Crippen molar-refractivity contribution >= 4 is 12.6 Å². The summed E-state index contributed by atoms with van der Waals surface area (Å²) in [5.74, 6) is 0.912. The van der Waals surface area contributed by atoms with Gasteiger partial charge in [0.1, 0.15) is 5.75 Å². The number of benzene rings is 1. The second-order valence-electron chi connectivity index (χ2n) is 6.55. The lowest BCUT2D eigenvalue weighted by Crippen LogP contribution is -2.11. The fourth-order valence-electron chi connectivity index (χ4n) is 2.17. The van der Waals surface area contributed by atoms with Gasteiger partial charge in [-0.2, -0.15) is 0 Å². The summed E-state index contributed by atoms with van der Waals surface area (Å²) in [6.45, 7) is 9.69. The monoisotopic (exact) mass is 294 g/mol. The molecule has 0 radical (unpaired) electrons. The number of thiol groups is 1. The zero-order chi connectivity index (χ0) is 15.0. The molecule has 0 saturated heterocycles. The maximum absolute atomic E-state index is 5.83. The summed E-state index contributed by atoms with van der Waals surface area (Å²) >= 11 is 4.55. The minimum atomic E-state index is 0.162. The van der Waals surface area contributed by atoms with Crippen LogP contribution in [0.4, 0.5) is 0 Å². The quantitative estimate of drug-likeness (QED) is 0.456. The van der Waals surface area contributed by atoms with Crippen molar-refractivity contribution in [3.05, 3.63) is 23.8 Å². The number of rotatable bonds is 8. The largest absolute Gasteiger partial charge is 0.492 e. The highest BCUT2D eigenvalue weighted by Gasteiger charge is 2.14. The van der Waals surface area contributed by atoms with E-state index in [9.17, 15) is 0 Å². The smallest absolute Gasteiger partial charge is 0.132 e. The lowest BCUT2D eigenvalue weighted by molar-refractivity contribution is 0.297. The normalized spacial score (nSPS) is 11.7. The summed E-state index contributed by atoms with van der Waals surface area (Å²) in [5, 5.41) is 0. The van der Waals surface area contributed by atoms with Gasteiger partial charge in [0.2, 0.25) is 0 Å². The molecule has 0 unspecified atom stereocenters. The van der Waals surface area contributed by atoms with Gasteiger partial charge in [-0.1, -0.05) is 65.9 Å². The van der Waals surface area contributed by atoms with Crippen LogP contribution in [0.2, 0.25) is 0 Å². The number of ether oxygens (including phenoxy) is 1. The topological polar surface area (TPSA) is 9.23 Å². The van der Waals surface area contributed by atoms with Crippen molar-refractivity contribution in [2.75, 3.05) is 6.61 Å². The van der Waals surface area contributed by atoms with Crippen molar-refractivity contribution in [1.29, 1.82) is 0 Å². The summed E-state index contributed by atoms with van der Waals surface area (Å²) in [6.07, 6.45) is 7.75. The molecule has 0 fully saturated rings. The molecule has 0 bridgehead atoms. The van der Waals surface area contributed by atoms with Gasteiger partial charge >= 0.3 is 0 Å². The maximum atomic E-state index is 5.83. The Morgan fingerprint density at radius 1 is 1.00 bits per heavy atom. The third-order valence-corrected chi connectivity index (χ3v) is 3.93. The van der Waals surface area contributed by atoms with Crippen LogP contribution in [-0.4, -0.2) is 6.61 Å². The van der Waals surface area contributed by atoms with Crippen molar-refractivity contribution in [2.45, 2.75) is 76.5 Å². The van der Waals surface area contributed by atoms with Gasteiger partial charge in [0.05, 0.1) is 6.61 Å². The molecule has 1 aromatic rings. The molecule has 0 atom stereocenters. The first kappa shape index (κ1) is 17.4. The van der Waals surface area contributed by atoms with Gasteiger partial charge in [0.25, 0.3) is 0 Å². The van der Waals surface area contributed by atoms with E-state index in [0.29, 0.717) is 0 Å². The van der Waals surface area contributed by atoms with Crippen molar-refractivity contribution < 1.29 is 4.74 Å². The molecule has 114 valence electrons. The predicted molar refractivity (Wildman–Crippen MR) is 91.3 cm³/mol. The Hall–Kier alpha value is -0.630. The molecule has 0 N–H and O–H groups in total. The van der Waals surface area contributed by atoms with Crippen LogP contribution in [0.25, 0.3) is 0 Å². The van der Waals surface area contributed by atoms with Crippen LogP contribution in [0, 0.1) is 0 Å². The standard InChI is InChI=1S/C18H30OS/c1-5-6-7-8-9-10-13-19-16-12-11-15(14-17(16)20)18(2,3)4/h11-12,14,20H,5-10,13H2,1-4H3. The van der Waals surface area contributed by atoms with Gasteiger partial charge in [0.15, 0.2) is 0 Å². The number of hydrogen-bond acceptors (Lipinski definition) is 2. The molecule has 1 aromatic carbocycles. The van der Waals surface area contributed by atoms with Crippen LogP contribution in [0.5, 0.6) is 5.75 Å². The molecule has 1 nitrogen and oxygen atoms in total. The Balaban J connectivity index is 2.34. The van der Waals surface area contributed by atoms with E-state index in [1.54, 1.807) is 0 Å². The molecule has 1 rings (SSSR count). The van der Waals surface area contributed by atoms with Crippen LogP contribution >= 0.6 is 12.6 Å². The minimum Gasteiger partial charge on any atom is -0.492 e. The third-order valence-electron chi connectivity index (χ3n) is 3.58. The fraction of sp³-hybridized carbons (Fsp3) is 0.667. The first-order chi connectivity index (χ1) is 9.45. The van der Waals surface area contributed by atoms with Crippen LogP contribution in [0.3, 0.4) is 0 Å². The Morgan fingerprint density at radius 3 is 2.25 bits per heavy atom. The number of unbranched alkanes of at least 4 members (excludes halogenated alkanes) is 5. The maximum Gasteiger partial charge on any atom is 0.132 e. The molecule has 2 heteroatoms. The summed E-state index contributed by atoms with van der Waals surface area (Å²) in [6, 6.07) is 6.33. The molecule has 0 saturated carbocycles. The van der Waals surface area contributed by atoms with E-state index >= 15 is 0 Å². The van der Waals surface area contributed by atoms with Crippen molar-refractivity contribution in [3.63, 3.8) is 0 Å². The summed E-state index contributed by atoms with van der Waals surface area (Å²) in [7, 11) is 0. The summed E-state index contributed by atoms with van der Waals surface area (Å²) in [4.78, 5) is 0.948. The van der Waals surface area contributed by atoms with Gasteiger partial charge in [-0.25, -0.2) is 0 Å². The molecule has 20 heavy (non-hydrogen) atoms. The van der Waals surface area contributed by atoms with Gasteiger partial charge in [0, 0.05) is 4.90 Å². The second kappa shape index (κ2) is 8.61. The zero-order valence-electron chi connectivity index (χ0n) is 13.5. The van der Waals surface area contributed by atoms with Crippen molar-refractivity contribution in [1.82, 2.24) is 0 Å². The molecule has 0 heterocycles. The van der Waals surface area contributed by atoms with Crippen LogP contribution in [-0.2, 0) is 5.41 Å². The highest BCUT2D eigenvalue weighted by molar-refractivity contribution is 7.80. The SMILES string of the molecule is CCCCCCCCOc1ccc(C(C)(C)C)cc1S. The van der Waals surface area contributed by atoms with E-state index < -0.39 is 0 Å². The van der Waals surface area contributed by atoms with E-state index in [2.05, 4.69) is 58.5 Å². The van der Waals surface area contributed by atoms with Gasteiger partial charge in [-0.15, -0.1) is 12.6 Å². The zero-order valence-corrected chi connectivity index (χ0v) is 14.4. The molecular weight excluding hydrogens is 264 g/mol. The molecule has 0 spiro atoms. The Morgan fingerprint density at radius 2 is 1.65 bits per heavy atom. The average Bonchev–Trinajstić information content (AvgIpc) is 2.38. The van der Waals surface area contributed by atoms with Crippen molar-refractivity contribution in [3.8, 4) is 5.75 Å². The van der Waals surface area contributed by atoms with Crippen LogP contribution < -0.4 is 4.74 Å². The lowest BCUT2D eigenvalue weighted by atomic mass is 9.87. The third kappa shape index (κ3) is 6.21. The van der Waals surface area contributed by atoms with E-state index in [1.165, 1.54) is 37.7 Å². The van der Waals surface area contributed by atoms with E-state index in [-0.39, 0.29) is 5.41 Å². The highest BCUT2D eigenvalue weighted by Crippen LogP contribution is 2.30. The first-order valence-electron chi connectivity index (χ1n) is 7.91. The van der Waals surface area contributed by atoms with E-state index in [4.69, 9.17) is 4.74 Å². The lowest BCUT2D eigenvalue weighted by Gasteiger charge is -2.20. The minimum absolute atomic E-state index is 0.162. The fourth-order valence-corrected chi connectivity index (χ4v) is 2.45. The van der Waals surface area contributed by atoms with Gasteiger partial charge in [-0.3, -0.25) is 0 Å². The van der Waals surface area contributed by atoms with Crippen LogP contribution in [0.1, 0.15) is 71.8 Å². The molecular formula is C18H30OS. The Labute approximate surface area is 130 Å². The van der Waals surface area contributed by atoms with E-state index in [0.717, 1.165) is 23.7 Å². The average molecular weight is 295 g/mol. The Kier molecular flexibility index (Phi) is 7.50. The summed E-state index contributed by atoms with van der Waals surface area (Å²) in [5.41, 5.74) is 1.46. The predicted octanol–water partition coefficient (Wildman–Crippen LogP) is 6.01. The first-order valence-corrected chi connectivity index (χ1v) is 8.36. The van der Waals surface area contributed by atoms with Crippen LogP contribution in [0.15, 0.2) is 23.1 Å².